The first-order valence-electron chi connectivity index (χ1n) is 6.58. The molecule has 0 saturated heterocycles. The molecule has 3 nitrogen and oxygen atoms in total. The number of hydrogen-bond acceptors (Lipinski definition) is 3. The van der Waals surface area contributed by atoms with Crippen molar-refractivity contribution in [3.05, 3.63) is 0 Å². The average molecular weight is 260 g/mol. The largest absolute Gasteiger partial charge is 0.409 e. The zero-order chi connectivity index (χ0) is 13.3. The van der Waals surface area contributed by atoms with Crippen LogP contribution < -0.4 is 0 Å². The molecule has 0 radical (unpaired) electrons. The number of aliphatic hydroxyl groups is 1. The highest BCUT2D eigenvalue weighted by Gasteiger charge is 2.43. The minimum absolute atomic E-state index is 0.0490. The maximum atomic E-state index is 10.1. The third kappa shape index (κ3) is 3.53. The van der Waals surface area contributed by atoms with Crippen LogP contribution in [0.25, 0.3) is 0 Å². The fraction of sp³-hybridized carbons (Fsp3) is 1.00. The normalized spacial score (nSPS) is 31.6. The summed E-state index contributed by atoms with van der Waals surface area (Å²) in [6, 6.07) is 0. The Balaban J connectivity index is 2.76. The number of aliphatic hydroxyl groups excluding tert-OH is 1. The van der Waals surface area contributed by atoms with Gasteiger partial charge in [0, 0.05) is 7.11 Å². The molecular formula is C13H28O3Si. The van der Waals surface area contributed by atoms with Crippen LogP contribution in [0, 0.1) is 0 Å². The molecule has 0 heterocycles. The Morgan fingerprint density at radius 3 is 2.24 bits per heavy atom. The van der Waals surface area contributed by atoms with Crippen molar-refractivity contribution in [1.29, 1.82) is 0 Å². The molecule has 1 aliphatic rings. The van der Waals surface area contributed by atoms with E-state index in [9.17, 15) is 5.11 Å². The molecule has 1 fully saturated rings. The summed E-state index contributed by atoms with van der Waals surface area (Å²) >= 11 is 0. The second-order valence-electron chi connectivity index (χ2n) is 6.62. The Hall–Kier alpha value is 0.0969. The van der Waals surface area contributed by atoms with Crippen LogP contribution in [0.4, 0.5) is 0 Å². The summed E-state index contributed by atoms with van der Waals surface area (Å²) < 4.78 is 11.8. The molecule has 0 bridgehead atoms. The van der Waals surface area contributed by atoms with Crippen LogP contribution in [0.1, 0.15) is 40.0 Å². The van der Waals surface area contributed by atoms with Crippen LogP contribution in [0.5, 0.6) is 0 Å². The summed E-state index contributed by atoms with van der Waals surface area (Å²) in [4.78, 5) is 0. The van der Waals surface area contributed by atoms with Gasteiger partial charge in [-0.05, 0) is 37.4 Å². The minimum atomic E-state index is -1.83. The smallest absolute Gasteiger partial charge is 0.192 e. The maximum absolute atomic E-state index is 10.1. The molecule has 0 aromatic carbocycles. The van der Waals surface area contributed by atoms with E-state index in [1.165, 1.54) is 0 Å². The van der Waals surface area contributed by atoms with Crippen LogP contribution in [0.2, 0.25) is 18.1 Å². The lowest BCUT2D eigenvalue weighted by Gasteiger charge is -2.44. The number of methoxy groups -OCH3 is 1. The molecule has 1 aliphatic carbocycles. The minimum Gasteiger partial charge on any atom is -0.409 e. The van der Waals surface area contributed by atoms with Crippen molar-refractivity contribution < 1.29 is 14.3 Å². The molecule has 3 atom stereocenters. The summed E-state index contributed by atoms with van der Waals surface area (Å²) in [7, 11) is -0.119. The summed E-state index contributed by atoms with van der Waals surface area (Å²) in [6.45, 7) is 11.1. The summed E-state index contributed by atoms with van der Waals surface area (Å²) in [5, 5.41) is 10.3. The quantitative estimate of drug-likeness (QED) is 0.793. The van der Waals surface area contributed by atoms with Crippen molar-refractivity contribution in [3.8, 4) is 0 Å². The molecular weight excluding hydrogens is 232 g/mol. The number of ether oxygens (including phenoxy) is 1. The Labute approximate surface area is 107 Å². The number of hydrogen-bond donors (Lipinski definition) is 1. The van der Waals surface area contributed by atoms with Crippen LogP contribution in [-0.4, -0.2) is 38.8 Å². The van der Waals surface area contributed by atoms with Gasteiger partial charge in [-0.3, -0.25) is 0 Å². The maximum Gasteiger partial charge on any atom is 0.192 e. The molecule has 17 heavy (non-hydrogen) atoms. The lowest BCUT2D eigenvalue weighted by molar-refractivity contribution is -0.0923. The van der Waals surface area contributed by atoms with E-state index in [0.29, 0.717) is 0 Å². The Morgan fingerprint density at radius 2 is 1.76 bits per heavy atom. The molecule has 4 heteroatoms. The molecule has 1 unspecified atom stereocenters. The Kier molecular flexibility index (Phi) is 4.80. The van der Waals surface area contributed by atoms with Gasteiger partial charge in [-0.1, -0.05) is 20.8 Å². The van der Waals surface area contributed by atoms with Crippen molar-refractivity contribution in [2.45, 2.75) is 76.5 Å². The summed E-state index contributed by atoms with van der Waals surface area (Å²) in [5.74, 6) is 0. The lowest BCUT2D eigenvalue weighted by Crippen LogP contribution is -2.53. The molecule has 0 amide bonds. The highest BCUT2D eigenvalue weighted by atomic mass is 28.4. The van der Waals surface area contributed by atoms with Crippen LogP contribution in [0.15, 0.2) is 0 Å². The van der Waals surface area contributed by atoms with Gasteiger partial charge in [-0.25, -0.2) is 0 Å². The second-order valence-corrected chi connectivity index (χ2v) is 11.4. The fourth-order valence-corrected chi connectivity index (χ4v) is 3.37. The topological polar surface area (TPSA) is 38.7 Å². The van der Waals surface area contributed by atoms with E-state index in [1.807, 2.05) is 0 Å². The summed E-state index contributed by atoms with van der Waals surface area (Å²) in [5.41, 5.74) is 0. The van der Waals surface area contributed by atoms with Gasteiger partial charge in [-0.2, -0.15) is 0 Å². The first kappa shape index (κ1) is 15.2. The van der Waals surface area contributed by atoms with Crippen molar-refractivity contribution in [2.75, 3.05) is 7.11 Å². The number of rotatable bonds is 3. The molecule has 0 spiro atoms. The lowest BCUT2D eigenvalue weighted by atomic mass is 9.92. The van der Waals surface area contributed by atoms with Gasteiger partial charge >= 0.3 is 0 Å². The van der Waals surface area contributed by atoms with E-state index in [2.05, 4.69) is 33.9 Å². The Morgan fingerprint density at radius 1 is 1.18 bits per heavy atom. The second kappa shape index (κ2) is 5.39. The van der Waals surface area contributed by atoms with E-state index in [-0.39, 0.29) is 23.4 Å². The molecule has 1 rings (SSSR count). The van der Waals surface area contributed by atoms with Crippen LogP contribution in [0.3, 0.4) is 0 Å². The molecule has 0 aromatic rings. The van der Waals surface area contributed by atoms with E-state index < -0.39 is 8.32 Å². The van der Waals surface area contributed by atoms with Gasteiger partial charge in [0.05, 0.1) is 18.3 Å². The highest BCUT2D eigenvalue weighted by molar-refractivity contribution is 6.74. The first-order valence-corrected chi connectivity index (χ1v) is 9.48. The van der Waals surface area contributed by atoms with Crippen molar-refractivity contribution in [3.63, 3.8) is 0 Å². The van der Waals surface area contributed by atoms with Crippen LogP contribution >= 0.6 is 0 Å². The van der Waals surface area contributed by atoms with E-state index in [1.54, 1.807) is 7.11 Å². The average Bonchev–Trinajstić information content (AvgIpc) is 2.19. The molecule has 0 aliphatic heterocycles. The predicted molar refractivity (Wildman–Crippen MR) is 72.7 cm³/mol. The fourth-order valence-electron chi connectivity index (χ4n) is 2.03. The molecule has 0 aromatic heterocycles. The first-order chi connectivity index (χ1) is 7.69. The van der Waals surface area contributed by atoms with Crippen molar-refractivity contribution in [1.82, 2.24) is 0 Å². The van der Waals surface area contributed by atoms with Gasteiger partial charge in [0.15, 0.2) is 8.32 Å². The van der Waals surface area contributed by atoms with Gasteiger partial charge in [0.2, 0.25) is 0 Å². The molecule has 102 valence electrons. The van der Waals surface area contributed by atoms with Gasteiger partial charge < -0.3 is 14.3 Å². The summed E-state index contributed by atoms with van der Waals surface area (Å²) in [6.07, 6.45) is 2.38. The van der Waals surface area contributed by atoms with Gasteiger partial charge in [0.25, 0.3) is 0 Å². The standard InChI is InChI=1S/C13H28O3Si/c1-13(2,3)17(5,6)16-12-10(14)8-7-9-11(12)15-4/h10-12,14H,7-9H2,1-6H3/t10-,11-,12?/m1/s1. The van der Waals surface area contributed by atoms with Crippen molar-refractivity contribution in [2.24, 2.45) is 0 Å². The SMILES string of the molecule is CO[C@@H]1CCC[C@@H](O)C1O[Si](C)(C)C(C)(C)C. The monoisotopic (exact) mass is 260 g/mol. The third-order valence-corrected chi connectivity index (χ3v) is 8.75. The highest BCUT2D eigenvalue weighted by Crippen LogP contribution is 2.39. The van der Waals surface area contributed by atoms with Gasteiger partial charge in [-0.15, -0.1) is 0 Å². The third-order valence-electron chi connectivity index (χ3n) is 4.27. The van der Waals surface area contributed by atoms with E-state index in [4.69, 9.17) is 9.16 Å². The zero-order valence-corrected chi connectivity index (χ0v) is 13.1. The predicted octanol–water partition coefficient (Wildman–Crippen LogP) is 2.94. The van der Waals surface area contributed by atoms with Crippen LogP contribution in [-0.2, 0) is 9.16 Å². The zero-order valence-electron chi connectivity index (χ0n) is 12.1. The van der Waals surface area contributed by atoms with Crippen molar-refractivity contribution >= 4 is 8.32 Å². The van der Waals surface area contributed by atoms with Gasteiger partial charge in [0.1, 0.15) is 0 Å². The Bertz CT molecular complexity index is 248. The van der Waals surface area contributed by atoms with E-state index >= 15 is 0 Å². The molecule has 1 saturated carbocycles. The molecule has 1 N–H and O–H groups in total. The van der Waals surface area contributed by atoms with E-state index in [0.717, 1.165) is 19.3 Å².